The van der Waals surface area contributed by atoms with Gasteiger partial charge in [-0.2, -0.15) is 0 Å². The fraction of sp³-hybridized carbons (Fsp3) is 0.950. The second-order valence-corrected chi connectivity index (χ2v) is 9.92. The Bertz CT molecular complexity index is 496. The third-order valence-electron chi connectivity index (χ3n) is 8.65. The van der Waals surface area contributed by atoms with Gasteiger partial charge in [0.1, 0.15) is 0 Å². The maximum absolute atomic E-state index is 12.1. The summed E-state index contributed by atoms with van der Waals surface area (Å²) in [6.07, 6.45) is 9.16. The molecule has 1 heterocycles. The van der Waals surface area contributed by atoms with Gasteiger partial charge in [-0.25, -0.2) is 0 Å². The van der Waals surface area contributed by atoms with Crippen molar-refractivity contribution in [2.45, 2.75) is 72.6 Å². The van der Waals surface area contributed by atoms with Crippen LogP contribution < -0.4 is 0 Å². The zero-order chi connectivity index (χ0) is 15.8. The van der Waals surface area contributed by atoms with Crippen LogP contribution in [0.25, 0.3) is 0 Å². The second kappa shape index (κ2) is 4.51. The summed E-state index contributed by atoms with van der Waals surface area (Å²) in [5.41, 5.74) is 1.30. The molecule has 0 amide bonds. The van der Waals surface area contributed by atoms with Crippen molar-refractivity contribution < 1.29 is 9.53 Å². The number of esters is 1. The van der Waals surface area contributed by atoms with Gasteiger partial charge in [0.05, 0.1) is 12.5 Å². The molecule has 1 saturated heterocycles. The molecular formula is C20H32O2. The molecule has 0 aromatic carbocycles. The molecule has 4 rings (SSSR count). The summed E-state index contributed by atoms with van der Waals surface area (Å²) in [5, 5.41) is 0. The van der Waals surface area contributed by atoms with Crippen LogP contribution in [0.5, 0.6) is 0 Å². The molecule has 6 atom stereocenters. The molecule has 0 N–H and O–H groups in total. The topological polar surface area (TPSA) is 26.3 Å². The van der Waals surface area contributed by atoms with Crippen molar-refractivity contribution in [3.05, 3.63) is 0 Å². The number of hydrogen-bond acceptors (Lipinski definition) is 2. The van der Waals surface area contributed by atoms with Gasteiger partial charge in [0.15, 0.2) is 0 Å². The average Bonchev–Trinajstić information content (AvgIpc) is 2.80. The van der Waals surface area contributed by atoms with E-state index in [0.717, 1.165) is 18.3 Å². The lowest BCUT2D eigenvalue weighted by Gasteiger charge is -2.65. The second-order valence-electron chi connectivity index (χ2n) is 9.92. The molecule has 1 aliphatic heterocycles. The van der Waals surface area contributed by atoms with E-state index in [4.69, 9.17) is 4.74 Å². The van der Waals surface area contributed by atoms with Gasteiger partial charge in [0.25, 0.3) is 0 Å². The molecule has 2 nitrogen and oxygen atoms in total. The summed E-state index contributed by atoms with van der Waals surface area (Å²) in [4.78, 5) is 12.1. The van der Waals surface area contributed by atoms with Crippen LogP contribution >= 0.6 is 0 Å². The number of rotatable bonds is 0. The number of carbonyl (C=O) groups excluding carboxylic acids is 1. The first kappa shape index (κ1) is 15.0. The predicted molar refractivity (Wildman–Crippen MR) is 87.2 cm³/mol. The summed E-state index contributed by atoms with van der Waals surface area (Å²) < 4.78 is 5.49. The van der Waals surface area contributed by atoms with E-state index in [-0.39, 0.29) is 11.9 Å². The van der Waals surface area contributed by atoms with Gasteiger partial charge >= 0.3 is 5.97 Å². The van der Waals surface area contributed by atoms with E-state index in [1.54, 1.807) is 0 Å². The summed E-state index contributed by atoms with van der Waals surface area (Å²) in [5.74, 6) is 2.44. The van der Waals surface area contributed by atoms with E-state index in [0.29, 0.717) is 28.8 Å². The summed E-state index contributed by atoms with van der Waals surface area (Å²) in [6, 6.07) is 0. The van der Waals surface area contributed by atoms with Gasteiger partial charge in [-0.15, -0.1) is 0 Å². The fourth-order valence-corrected chi connectivity index (χ4v) is 7.66. The molecule has 0 aromatic rings. The quantitative estimate of drug-likeness (QED) is 0.600. The molecule has 22 heavy (non-hydrogen) atoms. The highest BCUT2D eigenvalue weighted by Gasteiger charge is 2.64. The van der Waals surface area contributed by atoms with E-state index in [2.05, 4.69) is 27.7 Å². The number of hydrogen-bond donors (Lipinski definition) is 0. The highest BCUT2D eigenvalue weighted by atomic mass is 16.5. The molecule has 4 fully saturated rings. The molecule has 2 heteroatoms. The van der Waals surface area contributed by atoms with Crippen molar-refractivity contribution in [2.75, 3.05) is 6.61 Å². The van der Waals surface area contributed by atoms with Gasteiger partial charge in [-0.3, -0.25) is 4.79 Å². The Hall–Kier alpha value is -0.530. The molecule has 0 spiro atoms. The number of fused-ring (bicyclic) bond motifs is 5. The van der Waals surface area contributed by atoms with Crippen LogP contribution in [0.1, 0.15) is 72.6 Å². The van der Waals surface area contributed by atoms with Crippen molar-refractivity contribution in [1.82, 2.24) is 0 Å². The molecule has 2 unspecified atom stereocenters. The summed E-state index contributed by atoms with van der Waals surface area (Å²) in [7, 11) is 0. The number of carbonyl (C=O) groups is 1. The predicted octanol–water partition coefficient (Wildman–Crippen LogP) is 4.82. The third kappa shape index (κ3) is 1.76. The molecule has 0 radical (unpaired) electrons. The SMILES string of the molecule is CC1(C)CCC[C@@]2(C)C1CC[C@]1(C)C2CC[C@H]2C(=O)OC[C@H]21. The van der Waals surface area contributed by atoms with Crippen LogP contribution in [0, 0.1) is 39.9 Å². The van der Waals surface area contributed by atoms with E-state index in [1.165, 1.54) is 38.5 Å². The Morgan fingerprint density at radius 2 is 1.68 bits per heavy atom. The summed E-state index contributed by atoms with van der Waals surface area (Å²) >= 11 is 0. The Labute approximate surface area is 135 Å². The van der Waals surface area contributed by atoms with Crippen LogP contribution in [0.15, 0.2) is 0 Å². The highest BCUT2D eigenvalue weighted by Crippen LogP contribution is 2.69. The standard InChI is InChI=1S/C20H32O2/c1-18(2)9-5-10-20(4)15(18)8-11-19(3)14-12-22-17(21)13(14)6-7-16(19)20/h13-16H,5-12H2,1-4H3/t13-,14-,15?,16?,19+,20+/m1/s1. The first-order valence-corrected chi connectivity index (χ1v) is 9.46. The zero-order valence-corrected chi connectivity index (χ0v) is 14.8. The molecule has 3 saturated carbocycles. The maximum Gasteiger partial charge on any atom is 0.309 e. The van der Waals surface area contributed by atoms with Crippen molar-refractivity contribution >= 4 is 5.97 Å². The minimum absolute atomic E-state index is 0.0981. The molecule has 4 aliphatic rings. The zero-order valence-electron chi connectivity index (χ0n) is 14.8. The average molecular weight is 304 g/mol. The fourth-order valence-electron chi connectivity index (χ4n) is 7.66. The third-order valence-corrected chi connectivity index (χ3v) is 8.65. The largest absolute Gasteiger partial charge is 0.465 e. The van der Waals surface area contributed by atoms with Crippen LogP contribution in [0.2, 0.25) is 0 Å². The smallest absolute Gasteiger partial charge is 0.309 e. The molecular weight excluding hydrogens is 272 g/mol. The lowest BCUT2D eigenvalue weighted by Crippen LogP contribution is -2.59. The summed E-state index contributed by atoms with van der Waals surface area (Å²) in [6.45, 7) is 10.8. The first-order valence-electron chi connectivity index (χ1n) is 9.46. The molecule has 124 valence electrons. The van der Waals surface area contributed by atoms with Crippen LogP contribution in [0.4, 0.5) is 0 Å². The molecule has 3 aliphatic carbocycles. The van der Waals surface area contributed by atoms with Crippen LogP contribution in [0.3, 0.4) is 0 Å². The lowest BCUT2D eigenvalue weighted by atomic mass is 9.39. The minimum atomic E-state index is 0.0981. The van der Waals surface area contributed by atoms with E-state index >= 15 is 0 Å². The van der Waals surface area contributed by atoms with Crippen LogP contribution in [-0.2, 0) is 9.53 Å². The van der Waals surface area contributed by atoms with Crippen molar-refractivity contribution in [2.24, 2.45) is 39.9 Å². The monoisotopic (exact) mass is 304 g/mol. The maximum atomic E-state index is 12.1. The van der Waals surface area contributed by atoms with E-state index < -0.39 is 0 Å². The first-order chi connectivity index (χ1) is 10.3. The number of ether oxygens (including phenoxy) is 1. The van der Waals surface area contributed by atoms with Gasteiger partial charge in [-0.1, -0.05) is 34.1 Å². The van der Waals surface area contributed by atoms with Gasteiger partial charge < -0.3 is 4.74 Å². The number of cyclic esters (lactones) is 1. The Kier molecular flexibility index (Phi) is 3.08. The van der Waals surface area contributed by atoms with Gasteiger partial charge in [0, 0.05) is 5.92 Å². The van der Waals surface area contributed by atoms with Crippen molar-refractivity contribution in [1.29, 1.82) is 0 Å². The van der Waals surface area contributed by atoms with E-state index in [9.17, 15) is 4.79 Å². The highest BCUT2D eigenvalue weighted by molar-refractivity contribution is 5.75. The lowest BCUT2D eigenvalue weighted by molar-refractivity contribution is -0.170. The Morgan fingerprint density at radius 1 is 0.909 bits per heavy atom. The van der Waals surface area contributed by atoms with Crippen molar-refractivity contribution in [3.63, 3.8) is 0 Å². The van der Waals surface area contributed by atoms with Crippen LogP contribution in [-0.4, -0.2) is 12.6 Å². The molecule has 0 bridgehead atoms. The minimum Gasteiger partial charge on any atom is -0.465 e. The normalized spacial score (nSPS) is 53.2. The van der Waals surface area contributed by atoms with Gasteiger partial charge in [0.2, 0.25) is 0 Å². The van der Waals surface area contributed by atoms with E-state index in [1.807, 2.05) is 0 Å². The Balaban J connectivity index is 1.72. The Morgan fingerprint density at radius 3 is 2.45 bits per heavy atom. The molecule has 0 aromatic heterocycles. The van der Waals surface area contributed by atoms with Gasteiger partial charge in [-0.05, 0) is 66.6 Å². The van der Waals surface area contributed by atoms with Crippen molar-refractivity contribution in [3.8, 4) is 0 Å².